The molecule has 0 saturated carbocycles. The average Bonchev–Trinajstić information content (AvgIpc) is 2.16. The number of alkyl halides is 2. The summed E-state index contributed by atoms with van der Waals surface area (Å²) in [6.45, 7) is -2.87. The van der Waals surface area contributed by atoms with Crippen LogP contribution in [0.1, 0.15) is 0 Å². The highest BCUT2D eigenvalue weighted by atomic mass is 19.3. The fourth-order valence-electron chi connectivity index (χ4n) is 1.42. The van der Waals surface area contributed by atoms with E-state index in [9.17, 15) is 13.2 Å². The first-order valence-corrected chi connectivity index (χ1v) is 4.30. The number of halogens is 3. The molecule has 4 heteroatoms. The second kappa shape index (κ2) is 3.81. The summed E-state index contributed by atoms with van der Waals surface area (Å²) < 4.78 is 41.2. The Morgan fingerprint density at radius 2 is 1.87 bits per heavy atom. The lowest BCUT2D eigenvalue weighted by Crippen LogP contribution is -2.02. The molecule has 2 aromatic rings. The van der Waals surface area contributed by atoms with Crippen molar-refractivity contribution in [3.63, 3.8) is 0 Å². The van der Waals surface area contributed by atoms with Crippen LogP contribution in [0.15, 0.2) is 36.4 Å². The van der Waals surface area contributed by atoms with Crippen LogP contribution >= 0.6 is 0 Å². The van der Waals surface area contributed by atoms with Crippen LogP contribution in [-0.4, -0.2) is 6.61 Å². The van der Waals surface area contributed by atoms with E-state index in [1.807, 2.05) is 0 Å². The minimum absolute atomic E-state index is 0.0579. The van der Waals surface area contributed by atoms with E-state index in [-0.39, 0.29) is 5.75 Å². The summed E-state index contributed by atoms with van der Waals surface area (Å²) >= 11 is 0. The second-order valence-electron chi connectivity index (χ2n) is 3.00. The normalized spacial score (nSPS) is 10.9. The fourth-order valence-corrected chi connectivity index (χ4v) is 1.42. The lowest BCUT2D eigenvalue weighted by Gasteiger charge is -2.07. The molecule has 15 heavy (non-hydrogen) atoms. The Morgan fingerprint density at radius 3 is 2.60 bits per heavy atom. The third-order valence-corrected chi connectivity index (χ3v) is 2.02. The number of benzene rings is 2. The van der Waals surface area contributed by atoms with Crippen molar-refractivity contribution in [2.75, 3.05) is 0 Å². The molecule has 0 spiro atoms. The van der Waals surface area contributed by atoms with E-state index < -0.39 is 12.4 Å². The highest BCUT2D eigenvalue weighted by Crippen LogP contribution is 2.27. The maximum Gasteiger partial charge on any atom is 0.387 e. The fraction of sp³-hybridized carbons (Fsp3) is 0.0909. The van der Waals surface area contributed by atoms with E-state index in [1.54, 1.807) is 12.1 Å². The smallest absolute Gasteiger partial charge is 0.387 e. The van der Waals surface area contributed by atoms with E-state index in [0.29, 0.717) is 10.8 Å². The van der Waals surface area contributed by atoms with E-state index in [2.05, 4.69) is 4.74 Å². The molecule has 0 N–H and O–H groups in total. The van der Waals surface area contributed by atoms with Crippen LogP contribution in [0.25, 0.3) is 10.8 Å². The van der Waals surface area contributed by atoms with Gasteiger partial charge < -0.3 is 4.74 Å². The Balaban J connectivity index is 2.56. The van der Waals surface area contributed by atoms with Crippen LogP contribution in [0.3, 0.4) is 0 Å². The van der Waals surface area contributed by atoms with Gasteiger partial charge >= 0.3 is 6.61 Å². The van der Waals surface area contributed by atoms with Crippen molar-refractivity contribution < 1.29 is 17.9 Å². The van der Waals surface area contributed by atoms with Gasteiger partial charge in [-0.2, -0.15) is 8.78 Å². The van der Waals surface area contributed by atoms with Gasteiger partial charge in [0, 0.05) is 5.39 Å². The topological polar surface area (TPSA) is 9.23 Å². The number of hydrogen-bond donors (Lipinski definition) is 0. The predicted octanol–water partition coefficient (Wildman–Crippen LogP) is 3.58. The molecule has 0 fully saturated rings. The molecule has 2 aromatic carbocycles. The molecular formula is C11H7F3O. The van der Waals surface area contributed by atoms with E-state index in [1.165, 1.54) is 24.3 Å². The quantitative estimate of drug-likeness (QED) is 0.739. The molecule has 0 aliphatic heterocycles. The van der Waals surface area contributed by atoms with Gasteiger partial charge in [0.25, 0.3) is 0 Å². The Hall–Kier alpha value is -1.71. The SMILES string of the molecule is Fc1ccc2c(OC(F)F)cccc2c1. The number of ether oxygens (including phenoxy) is 1. The first-order chi connectivity index (χ1) is 7.16. The lowest BCUT2D eigenvalue weighted by atomic mass is 10.1. The van der Waals surface area contributed by atoms with E-state index in [4.69, 9.17) is 0 Å². The van der Waals surface area contributed by atoms with Gasteiger partial charge in [-0.1, -0.05) is 12.1 Å². The zero-order valence-corrected chi connectivity index (χ0v) is 7.58. The number of hydrogen-bond acceptors (Lipinski definition) is 1. The zero-order chi connectivity index (χ0) is 10.8. The maximum atomic E-state index is 12.8. The van der Waals surface area contributed by atoms with Gasteiger partial charge in [0.15, 0.2) is 0 Å². The molecule has 0 aromatic heterocycles. The van der Waals surface area contributed by atoms with Crippen molar-refractivity contribution in [1.82, 2.24) is 0 Å². The molecule has 0 atom stereocenters. The van der Waals surface area contributed by atoms with Crippen LogP contribution in [0, 0.1) is 5.82 Å². The van der Waals surface area contributed by atoms with Crippen molar-refractivity contribution >= 4 is 10.8 Å². The first-order valence-electron chi connectivity index (χ1n) is 4.30. The van der Waals surface area contributed by atoms with Gasteiger partial charge in [0.2, 0.25) is 0 Å². The summed E-state index contributed by atoms with van der Waals surface area (Å²) in [7, 11) is 0. The molecule has 0 aliphatic rings. The van der Waals surface area contributed by atoms with Gasteiger partial charge in [-0.05, 0) is 29.7 Å². The van der Waals surface area contributed by atoms with Crippen LogP contribution < -0.4 is 4.74 Å². The first kappa shape index (κ1) is 9.83. The number of rotatable bonds is 2. The minimum Gasteiger partial charge on any atom is -0.434 e. The molecule has 2 rings (SSSR count). The van der Waals surface area contributed by atoms with Gasteiger partial charge in [-0.3, -0.25) is 0 Å². The Bertz CT molecular complexity index is 482. The average molecular weight is 212 g/mol. The second-order valence-corrected chi connectivity index (χ2v) is 3.00. The minimum atomic E-state index is -2.87. The third-order valence-electron chi connectivity index (χ3n) is 2.02. The molecule has 1 nitrogen and oxygen atoms in total. The summed E-state index contributed by atoms with van der Waals surface area (Å²) in [5.74, 6) is -0.348. The Kier molecular flexibility index (Phi) is 2.49. The van der Waals surface area contributed by atoms with Crippen molar-refractivity contribution in [2.24, 2.45) is 0 Å². The number of fused-ring (bicyclic) bond motifs is 1. The third kappa shape index (κ3) is 2.03. The summed E-state index contributed by atoms with van der Waals surface area (Å²) in [4.78, 5) is 0. The van der Waals surface area contributed by atoms with Crippen molar-refractivity contribution in [3.8, 4) is 5.75 Å². The molecule has 0 saturated heterocycles. The lowest BCUT2D eigenvalue weighted by molar-refractivity contribution is -0.0487. The highest BCUT2D eigenvalue weighted by molar-refractivity contribution is 5.88. The summed E-state index contributed by atoms with van der Waals surface area (Å²) in [6.07, 6.45) is 0. The van der Waals surface area contributed by atoms with Crippen molar-refractivity contribution in [1.29, 1.82) is 0 Å². The maximum absolute atomic E-state index is 12.8. The largest absolute Gasteiger partial charge is 0.434 e. The monoisotopic (exact) mass is 212 g/mol. The van der Waals surface area contributed by atoms with Crippen LogP contribution in [0.2, 0.25) is 0 Å². The molecule has 0 radical (unpaired) electrons. The predicted molar refractivity (Wildman–Crippen MR) is 50.5 cm³/mol. The van der Waals surface area contributed by atoms with Crippen LogP contribution in [0.4, 0.5) is 13.2 Å². The van der Waals surface area contributed by atoms with Gasteiger partial charge in [-0.25, -0.2) is 4.39 Å². The van der Waals surface area contributed by atoms with E-state index >= 15 is 0 Å². The van der Waals surface area contributed by atoms with Crippen LogP contribution in [-0.2, 0) is 0 Å². The summed E-state index contributed by atoms with van der Waals surface area (Å²) in [5, 5.41) is 1.01. The van der Waals surface area contributed by atoms with E-state index in [0.717, 1.165) is 0 Å². The summed E-state index contributed by atoms with van der Waals surface area (Å²) in [5.41, 5.74) is 0. The molecule has 0 unspecified atom stereocenters. The summed E-state index contributed by atoms with van der Waals surface area (Å²) in [6, 6.07) is 8.50. The Labute approximate surface area is 84.1 Å². The molecule has 78 valence electrons. The Morgan fingerprint density at radius 1 is 1.07 bits per heavy atom. The molecule has 0 bridgehead atoms. The van der Waals surface area contributed by atoms with Crippen LogP contribution in [0.5, 0.6) is 5.75 Å². The van der Waals surface area contributed by atoms with Gasteiger partial charge in [0.05, 0.1) is 0 Å². The van der Waals surface area contributed by atoms with Gasteiger partial charge in [0.1, 0.15) is 11.6 Å². The zero-order valence-electron chi connectivity index (χ0n) is 7.58. The van der Waals surface area contributed by atoms with Crippen molar-refractivity contribution in [3.05, 3.63) is 42.2 Å². The molecule has 0 amide bonds. The van der Waals surface area contributed by atoms with Crippen molar-refractivity contribution in [2.45, 2.75) is 6.61 Å². The molecular weight excluding hydrogens is 205 g/mol. The highest BCUT2D eigenvalue weighted by Gasteiger charge is 2.08. The molecule has 0 heterocycles. The molecule has 0 aliphatic carbocycles. The van der Waals surface area contributed by atoms with Gasteiger partial charge in [-0.15, -0.1) is 0 Å². The standard InChI is InChI=1S/C11H7F3O/c12-8-4-5-9-7(6-8)2-1-3-10(9)15-11(13)14/h1-6,11H.